The van der Waals surface area contributed by atoms with Crippen LogP contribution in [0.2, 0.25) is 0 Å². The van der Waals surface area contributed by atoms with E-state index < -0.39 is 53.7 Å². The number of hydrogen-bond donors (Lipinski definition) is 6. The van der Waals surface area contributed by atoms with Crippen molar-refractivity contribution in [3.05, 3.63) is 71.8 Å². The number of likely N-dealkylation sites (tertiary alicyclic amines) is 2. The summed E-state index contributed by atoms with van der Waals surface area (Å²) < 4.78 is 5.13. The third kappa shape index (κ3) is 13.3. The number of nitrogens with zero attached hydrogens (tertiary/aromatic N) is 2. The summed E-state index contributed by atoms with van der Waals surface area (Å²) in [6, 6.07) is 16.3. The predicted molar refractivity (Wildman–Crippen MR) is 172 cm³/mol. The summed E-state index contributed by atoms with van der Waals surface area (Å²) in [6.45, 7) is 0.108. The summed E-state index contributed by atoms with van der Waals surface area (Å²) in [7, 11) is 0. The summed E-state index contributed by atoms with van der Waals surface area (Å²) >= 11 is 0. The fourth-order valence-electron chi connectivity index (χ4n) is 5.13. The van der Waals surface area contributed by atoms with Crippen molar-refractivity contribution >= 4 is 35.7 Å². The fraction of sp³-hybridized carbons (Fsp3) is 0.471. The Morgan fingerprint density at radius 2 is 1.06 bits per heavy atom. The van der Waals surface area contributed by atoms with E-state index in [0.29, 0.717) is 12.8 Å². The Kier molecular flexibility index (Phi) is 17.4. The van der Waals surface area contributed by atoms with Crippen LogP contribution in [0.4, 0.5) is 0 Å². The molecule has 0 radical (unpaired) electrons. The van der Waals surface area contributed by atoms with Crippen molar-refractivity contribution in [3.8, 4) is 0 Å². The Bertz CT molecular complexity index is 1370. The van der Waals surface area contributed by atoms with Gasteiger partial charge in [-0.05, 0) is 17.5 Å². The molecule has 2 heterocycles. The molecular formula is C34H44N2O13. The maximum absolute atomic E-state index is 12.4. The van der Waals surface area contributed by atoms with Gasteiger partial charge in [-0.1, -0.05) is 60.7 Å². The Balaban J connectivity index is 0.000000303. The van der Waals surface area contributed by atoms with E-state index in [0.717, 1.165) is 16.0 Å². The first-order valence-electron chi connectivity index (χ1n) is 15.8. The van der Waals surface area contributed by atoms with Gasteiger partial charge in [0.15, 0.2) is 0 Å². The van der Waals surface area contributed by atoms with E-state index >= 15 is 0 Å². The molecule has 4 atom stereocenters. The number of aliphatic hydroxyl groups excluding tert-OH is 3. The van der Waals surface area contributed by atoms with Crippen molar-refractivity contribution in [2.45, 2.75) is 50.6 Å². The third-order valence-corrected chi connectivity index (χ3v) is 7.73. The Labute approximate surface area is 283 Å². The quantitative estimate of drug-likeness (QED) is 0.110. The molecule has 15 nitrogen and oxygen atoms in total. The summed E-state index contributed by atoms with van der Waals surface area (Å²) in [5, 5.41) is 51.9. The fourth-order valence-corrected chi connectivity index (χ4v) is 5.13. The summed E-state index contributed by atoms with van der Waals surface area (Å²) in [5.74, 6) is -6.20. The molecule has 0 bridgehead atoms. The minimum Gasteiger partial charge on any atom is -0.481 e. The van der Waals surface area contributed by atoms with Crippen LogP contribution in [0.25, 0.3) is 0 Å². The molecule has 49 heavy (non-hydrogen) atoms. The highest BCUT2D eigenvalue weighted by molar-refractivity contribution is 5.91. The molecule has 268 valence electrons. The molecule has 2 amide bonds. The lowest BCUT2D eigenvalue weighted by Gasteiger charge is -2.26. The first kappa shape index (κ1) is 40.3. The van der Waals surface area contributed by atoms with Crippen LogP contribution >= 0.6 is 0 Å². The molecule has 0 saturated carbocycles. The molecule has 2 aromatic carbocycles. The lowest BCUT2D eigenvalue weighted by atomic mass is 10.0. The van der Waals surface area contributed by atoms with E-state index in [1.165, 1.54) is 4.90 Å². The van der Waals surface area contributed by atoms with Crippen molar-refractivity contribution in [2.75, 3.05) is 39.5 Å². The molecule has 2 saturated heterocycles. The van der Waals surface area contributed by atoms with Gasteiger partial charge in [0.05, 0.1) is 18.4 Å². The molecule has 0 aliphatic carbocycles. The van der Waals surface area contributed by atoms with Crippen LogP contribution in [0.1, 0.15) is 36.8 Å². The van der Waals surface area contributed by atoms with Gasteiger partial charge in [0, 0.05) is 65.0 Å². The molecule has 4 unspecified atom stereocenters. The zero-order chi connectivity index (χ0) is 36.3. The number of carbonyl (C=O) groups is 6. The minimum atomic E-state index is -1.12. The summed E-state index contributed by atoms with van der Waals surface area (Å²) in [6.07, 6.45) is 1.01. The standard InChI is InChI=1S/C17H21NO6.C14H15NO5.C3H8O2/c19-7-4-8-24-17(23)14(9-12-5-2-1-3-6-12)18-11-13(16(21)22)10-15(18)20;16-12-7-10(13(17)18)8-15(12)11(14(19)20)6-9-4-2-1-3-5-9;4-2-1-3-5/h1-3,5-6,13-14,19H,4,7-11H2,(H,21,22);1-5,10-11H,6-8H2,(H,17,18)(H,19,20);4-5H,1-3H2. The van der Waals surface area contributed by atoms with Crippen molar-refractivity contribution in [1.82, 2.24) is 9.80 Å². The van der Waals surface area contributed by atoms with Gasteiger partial charge in [-0.2, -0.15) is 0 Å². The summed E-state index contributed by atoms with van der Waals surface area (Å²) in [5.41, 5.74) is 1.65. The van der Waals surface area contributed by atoms with Crippen LogP contribution in [-0.4, -0.2) is 128 Å². The van der Waals surface area contributed by atoms with Crippen LogP contribution in [0.3, 0.4) is 0 Å². The number of carbonyl (C=O) groups excluding carboxylic acids is 3. The molecule has 2 aliphatic rings. The Morgan fingerprint density at radius 1 is 0.653 bits per heavy atom. The van der Waals surface area contributed by atoms with Gasteiger partial charge < -0.3 is 45.2 Å². The molecule has 6 N–H and O–H groups in total. The van der Waals surface area contributed by atoms with Crippen molar-refractivity contribution in [2.24, 2.45) is 11.8 Å². The molecule has 0 aromatic heterocycles. The van der Waals surface area contributed by atoms with Crippen molar-refractivity contribution < 1.29 is 64.1 Å². The van der Waals surface area contributed by atoms with E-state index in [9.17, 15) is 33.9 Å². The second-order valence-electron chi connectivity index (χ2n) is 11.4. The number of carboxylic acids is 3. The molecule has 4 rings (SSSR count). The molecule has 15 heteroatoms. The highest BCUT2D eigenvalue weighted by Gasteiger charge is 2.42. The first-order chi connectivity index (χ1) is 23.4. The number of ether oxygens (including phenoxy) is 1. The van der Waals surface area contributed by atoms with Gasteiger partial charge >= 0.3 is 23.9 Å². The van der Waals surface area contributed by atoms with Gasteiger partial charge in [0.2, 0.25) is 11.8 Å². The number of benzene rings is 2. The smallest absolute Gasteiger partial charge is 0.329 e. The van der Waals surface area contributed by atoms with E-state index in [4.69, 9.17) is 30.3 Å². The number of carboxylic acid groups (broad SMARTS) is 3. The topological polar surface area (TPSA) is 240 Å². The van der Waals surface area contributed by atoms with E-state index in [2.05, 4.69) is 0 Å². The number of esters is 1. The van der Waals surface area contributed by atoms with E-state index in [-0.39, 0.29) is 71.1 Å². The Hall–Kier alpha value is -4.86. The first-order valence-corrected chi connectivity index (χ1v) is 15.8. The number of aliphatic carboxylic acids is 3. The average molecular weight is 689 g/mol. The normalized spacial score (nSPS) is 18.0. The predicted octanol–water partition coefficient (Wildman–Crippen LogP) is 0.433. The highest BCUT2D eigenvalue weighted by atomic mass is 16.5. The Morgan fingerprint density at radius 3 is 1.41 bits per heavy atom. The van der Waals surface area contributed by atoms with Gasteiger partial charge in [0.1, 0.15) is 12.1 Å². The minimum absolute atomic E-state index is 0.000761. The van der Waals surface area contributed by atoms with Gasteiger partial charge in [-0.3, -0.25) is 19.2 Å². The number of amides is 2. The van der Waals surface area contributed by atoms with Crippen LogP contribution in [0, 0.1) is 11.8 Å². The number of rotatable bonds is 15. The van der Waals surface area contributed by atoms with Gasteiger partial charge in [-0.25, -0.2) is 9.59 Å². The highest BCUT2D eigenvalue weighted by Crippen LogP contribution is 2.24. The number of hydrogen-bond acceptors (Lipinski definition) is 10. The molecule has 2 fully saturated rings. The SMILES string of the molecule is O=C(O)C1CC(=O)N(C(Cc2ccccc2)C(=O)O)C1.O=C(O)C1CC(=O)N(C(Cc2ccccc2)C(=O)OCCCO)C1.OCCCO. The summed E-state index contributed by atoms with van der Waals surface area (Å²) in [4.78, 5) is 72.3. The van der Waals surface area contributed by atoms with Crippen LogP contribution < -0.4 is 0 Å². The van der Waals surface area contributed by atoms with Crippen molar-refractivity contribution in [1.29, 1.82) is 0 Å². The maximum atomic E-state index is 12.4. The van der Waals surface area contributed by atoms with Crippen LogP contribution in [0.15, 0.2) is 60.7 Å². The maximum Gasteiger partial charge on any atom is 0.329 e. The molecule has 2 aromatic rings. The van der Waals surface area contributed by atoms with Gasteiger partial charge in [0.25, 0.3) is 0 Å². The third-order valence-electron chi connectivity index (χ3n) is 7.73. The largest absolute Gasteiger partial charge is 0.481 e. The zero-order valence-electron chi connectivity index (χ0n) is 27.0. The van der Waals surface area contributed by atoms with E-state index in [1.807, 2.05) is 36.4 Å². The van der Waals surface area contributed by atoms with Crippen LogP contribution in [-0.2, 0) is 46.3 Å². The average Bonchev–Trinajstić information content (AvgIpc) is 3.67. The monoisotopic (exact) mass is 688 g/mol. The molecule has 2 aliphatic heterocycles. The van der Waals surface area contributed by atoms with Crippen molar-refractivity contribution in [3.63, 3.8) is 0 Å². The second-order valence-corrected chi connectivity index (χ2v) is 11.4. The lowest BCUT2D eigenvalue weighted by Crippen LogP contribution is -2.45. The van der Waals surface area contributed by atoms with Gasteiger partial charge in [-0.15, -0.1) is 0 Å². The molecule has 0 spiro atoms. The van der Waals surface area contributed by atoms with Crippen LogP contribution in [0.5, 0.6) is 0 Å². The number of aliphatic hydroxyl groups is 3. The second kappa shape index (κ2) is 21.2. The lowest BCUT2D eigenvalue weighted by molar-refractivity contribution is -0.154. The zero-order valence-corrected chi connectivity index (χ0v) is 27.0. The van der Waals surface area contributed by atoms with E-state index in [1.54, 1.807) is 24.3 Å². The molecular weight excluding hydrogens is 644 g/mol.